The van der Waals surface area contributed by atoms with Crippen LogP contribution >= 0.6 is 7.59 Å². The lowest BCUT2D eigenvalue weighted by Crippen LogP contribution is -2.48. The van der Waals surface area contributed by atoms with Gasteiger partial charge in [-0.25, -0.2) is 9.34 Å². The molecule has 10 heteroatoms. The van der Waals surface area contributed by atoms with Crippen molar-refractivity contribution in [2.75, 3.05) is 78.9 Å². The second-order valence-corrected chi connectivity index (χ2v) is 11.6. The number of carbonyl (C=O) groups excluding carboxylic acids is 1. The summed E-state index contributed by atoms with van der Waals surface area (Å²) in [4.78, 5) is 16.1. The Morgan fingerprint density at radius 1 is 0.800 bits per heavy atom. The van der Waals surface area contributed by atoms with Gasteiger partial charge in [0.25, 0.3) is 5.91 Å². The van der Waals surface area contributed by atoms with E-state index in [0.29, 0.717) is 72.2 Å². The van der Waals surface area contributed by atoms with Crippen molar-refractivity contribution in [2.45, 2.75) is 12.8 Å². The lowest BCUT2D eigenvalue weighted by molar-refractivity contribution is -0.116. The fourth-order valence-electron chi connectivity index (χ4n) is 5.15. The molecule has 9 nitrogen and oxygen atoms in total. The van der Waals surface area contributed by atoms with Crippen molar-refractivity contribution in [3.63, 3.8) is 0 Å². The second kappa shape index (κ2) is 11.4. The number of carbonyl (C=O) groups is 1. The number of rotatable bonds is 6. The number of hydrogen-bond acceptors (Lipinski definition) is 6. The number of morpholine rings is 3. The number of nitrogens with zero attached hydrogens (tertiary/aromatic N) is 3. The molecule has 0 bridgehead atoms. The zero-order chi connectivity index (χ0) is 24.1. The Balaban J connectivity index is 1.47. The molecule has 35 heavy (non-hydrogen) atoms. The van der Waals surface area contributed by atoms with Crippen LogP contribution in [0.4, 0.5) is 0 Å². The average Bonchev–Trinajstić information content (AvgIpc) is 3.34. The average molecular weight is 503 g/mol. The van der Waals surface area contributed by atoms with Crippen LogP contribution < -0.4 is 5.09 Å². The first-order valence-electron chi connectivity index (χ1n) is 12.6. The molecule has 0 saturated carbocycles. The molecule has 1 aromatic carbocycles. The first kappa shape index (κ1) is 24.7. The third-order valence-electron chi connectivity index (χ3n) is 6.97. The molecule has 0 unspecified atom stereocenters. The summed E-state index contributed by atoms with van der Waals surface area (Å²) in [5.74, 6) is -0.232. The number of nitrogens with one attached hydrogen (secondary N) is 1. The Kier molecular flexibility index (Phi) is 8.02. The third-order valence-corrected chi connectivity index (χ3v) is 9.79. The summed E-state index contributed by atoms with van der Waals surface area (Å²) < 4.78 is 34.9. The Morgan fingerprint density at radius 2 is 1.34 bits per heavy atom. The maximum Gasteiger partial charge on any atom is 0.311 e. The molecule has 1 amide bonds. The maximum absolute atomic E-state index is 14.5. The largest absolute Gasteiger partial charge is 0.379 e. The minimum Gasteiger partial charge on any atom is -0.379 e. The third kappa shape index (κ3) is 5.56. The molecule has 0 spiro atoms. The highest BCUT2D eigenvalue weighted by molar-refractivity contribution is 7.57. The van der Waals surface area contributed by atoms with Gasteiger partial charge in [0.2, 0.25) is 0 Å². The predicted molar refractivity (Wildman–Crippen MR) is 134 cm³/mol. The second-order valence-electron chi connectivity index (χ2n) is 9.12. The maximum atomic E-state index is 14.5. The van der Waals surface area contributed by atoms with Crippen LogP contribution in [0.1, 0.15) is 18.4 Å². The highest BCUT2D eigenvalue weighted by Crippen LogP contribution is 2.50. The van der Waals surface area contributed by atoms with Crippen LogP contribution in [0.2, 0.25) is 0 Å². The van der Waals surface area contributed by atoms with Crippen LogP contribution in [0.3, 0.4) is 0 Å². The molecular formula is C25H35N4O5P. The molecule has 3 aliphatic heterocycles. The van der Waals surface area contributed by atoms with Gasteiger partial charge >= 0.3 is 7.59 Å². The molecule has 190 valence electrons. The zero-order valence-corrected chi connectivity index (χ0v) is 21.1. The lowest BCUT2D eigenvalue weighted by Gasteiger charge is -2.42. The van der Waals surface area contributed by atoms with Crippen molar-refractivity contribution in [3.05, 3.63) is 52.7 Å². The number of amides is 1. The van der Waals surface area contributed by atoms with Crippen LogP contribution in [0.25, 0.3) is 6.08 Å². The molecule has 0 radical (unpaired) electrons. The van der Waals surface area contributed by atoms with Crippen molar-refractivity contribution in [2.24, 2.45) is 0 Å². The van der Waals surface area contributed by atoms with E-state index in [1.807, 2.05) is 27.5 Å². The van der Waals surface area contributed by atoms with Crippen molar-refractivity contribution in [1.82, 2.24) is 19.3 Å². The van der Waals surface area contributed by atoms with Gasteiger partial charge in [-0.1, -0.05) is 30.3 Å². The smallest absolute Gasteiger partial charge is 0.311 e. The Morgan fingerprint density at radius 3 is 1.91 bits per heavy atom. The first-order chi connectivity index (χ1) is 17.1. The van der Waals surface area contributed by atoms with E-state index in [9.17, 15) is 9.36 Å². The lowest BCUT2D eigenvalue weighted by atomic mass is 10.1. The number of ether oxygens (including phenoxy) is 3. The molecule has 1 N–H and O–H groups in total. The minimum atomic E-state index is -3.32. The summed E-state index contributed by atoms with van der Waals surface area (Å²) >= 11 is 0. The summed E-state index contributed by atoms with van der Waals surface area (Å²) in [5, 5.41) is 3.04. The van der Waals surface area contributed by atoms with Crippen molar-refractivity contribution in [1.29, 1.82) is 0 Å². The topological polar surface area (TPSA) is 83.6 Å². The number of hydrogen-bond donors (Lipinski definition) is 1. The molecular weight excluding hydrogens is 467 g/mol. The van der Waals surface area contributed by atoms with E-state index >= 15 is 0 Å². The van der Waals surface area contributed by atoms with Gasteiger partial charge in [0.05, 0.1) is 39.6 Å². The van der Waals surface area contributed by atoms with Gasteiger partial charge in [-0.2, -0.15) is 0 Å². The van der Waals surface area contributed by atoms with Crippen LogP contribution in [0, 0.1) is 0 Å². The van der Waals surface area contributed by atoms with E-state index in [1.165, 1.54) is 0 Å². The summed E-state index contributed by atoms with van der Waals surface area (Å²) in [6, 6.07) is 10.2. The van der Waals surface area contributed by atoms with E-state index < -0.39 is 7.59 Å². The van der Waals surface area contributed by atoms with Gasteiger partial charge in [-0.15, -0.1) is 0 Å². The molecule has 4 aliphatic rings. The molecule has 1 aromatic rings. The van der Waals surface area contributed by atoms with E-state index in [-0.39, 0.29) is 5.91 Å². The fraction of sp³-hybridized carbons (Fsp3) is 0.560. The molecule has 3 saturated heterocycles. The van der Waals surface area contributed by atoms with Crippen LogP contribution in [0.5, 0.6) is 0 Å². The quantitative estimate of drug-likeness (QED) is 0.594. The van der Waals surface area contributed by atoms with Gasteiger partial charge in [0.1, 0.15) is 0 Å². The van der Waals surface area contributed by atoms with Gasteiger partial charge in [0, 0.05) is 50.5 Å². The molecule has 0 atom stereocenters. The highest BCUT2D eigenvalue weighted by atomic mass is 31.2. The Bertz CT molecular complexity index is 974. The molecule has 1 aliphatic carbocycles. The SMILES string of the molecule is O=C(NP(=O)(N1CCOCC1)N1CCOCC1)C1=C(N2CCOCC2)C(=Cc2ccccc2)CC1. The summed E-state index contributed by atoms with van der Waals surface area (Å²) in [6.07, 6.45) is 3.59. The van der Waals surface area contributed by atoms with Crippen molar-refractivity contribution in [3.8, 4) is 0 Å². The van der Waals surface area contributed by atoms with Crippen LogP contribution in [-0.4, -0.2) is 99.1 Å². The minimum absolute atomic E-state index is 0.232. The van der Waals surface area contributed by atoms with E-state index in [2.05, 4.69) is 28.2 Å². The predicted octanol–water partition coefficient (Wildman–Crippen LogP) is 2.34. The van der Waals surface area contributed by atoms with Gasteiger partial charge < -0.3 is 19.1 Å². The van der Waals surface area contributed by atoms with Gasteiger partial charge in [0.15, 0.2) is 0 Å². The fourth-order valence-corrected chi connectivity index (χ4v) is 7.60. The van der Waals surface area contributed by atoms with Crippen LogP contribution in [0.15, 0.2) is 47.2 Å². The molecule has 5 rings (SSSR count). The first-order valence-corrected chi connectivity index (χ1v) is 14.2. The van der Waals surface area contributed by atoms with E-state index in [1.54, 1.807) is 0 Å². The summed E-state index contributed by atoms with van der Waals surface area (Å²) in [7, 11) is -3.32. The summed E-state index contributed by atoms with van der Waals surface area (Å²) in [6.45, 7) is 6.91. The number of allylic oxidation sites excluding steroid dienone is 1. The number of benzene rings is 1. The van der Waals surface area contributed by atoms with E-state index in [4.69, 9.17) is 14.2 Å². The van der Waals surface area contributed by atoms with E-state index in [0.717, 1.165) is 41.9 Å². The zero-order valence-electron chi connectivity index (χ0n) is 20.2. The van der Waals surface area contributed by atoms with Crippen LogP contribution in [-0.2, 0) is 23.6 Å². The Labute approximate surface area is 207 Å². The molecule has 3 fully saturated rings. The van der Waals surface area contributed by atoms with Gasteiger partial charge in [-0.3, -0.25) is 14.4 Å². The van der Waals surface area contributed by atoms with Crippen molar-refractivity contribution < 1.29 is 23.6 Å². The highest BCUT2D eigenvalue weighted by Gasteiger charge is 2.42. The van der Waals surface area contributed by atoms with Crippen molar-refractivity contribution >= 4 is 19.6 Å². The monoisotopic (exact) mass is 502 g/mol. The normalized spacial score (nSPS) is 24.2. The molecule has 3 heterocycles. The standard InChI is InChI=1S/C25H35N4O5P/c30-25(26-35(31,28-10-16-33-17-11-28)29-12-18-34-19-13-29)23-7-6-22(20-21-4-2-1-3-5-21)24(23)27-8-14-32-15-9-27/h1-5,20H,6-19H2,(H,26,30,31). The summed E-state index contributed by atoms with van der Waals surface area (Å²) in [5.41, 5.74) is 3.96. The Hall–Kier alpha value is -2.00. The van der Waals surface area contributed by atoms with Gasteiger partial charge in [-0.05, 0) is 30.1 Å². The molecule has 0 aromatic heterocycles.